The van der Waals surface area contributed by atoms with Crippen LogP contribution in [0.4, 0.5) is 8.78 Å². The first-order valence-corrected chi connectivity index (χ1v) is 11.6. The third-order valence-corrected chi connectivity index (χ3v) is 6.20. The van der Waals surface area contributed by atoms with Gasteiger partial charge in [-0.25, -0.2) is 17.2 Å². The molecule has 6 nitrogen and oxygen atoms in total. The zero-order valence-corrected chi connectivity index (χ0v) is 17.3. The molecule has 1 amide bonds. The van der Waals surface area contributed by atoms with E-state index in [0.29, 0.717) is 11.8 Å². The van der Waals surface area contributed by atoms with Crippen molar-refractivity contribution in [2.24, 2.45) is 0 Å². The van der Waals surface area contributed by atoms with Crippen LogP contribution in [0.15, 0.2) is 53.4 Å². The van der Waals surface area contributed by atoms with Crippen molar-refractivity contribution < 1.29 is 27.1 Å². The molecule has 0 spiro atoms. The lowest BCUT2D eigenvalue weighted by Gasteiger charge is -2.20. The van der Waals surface area contributed by atoms with Gasteiger partial charge in [0.1, 0.15) is 17.7 Å². The number of halogens is 2. The highest BCUT2D eigenvalue weighted by Crippen LogP contribution is 2.17. The number of carbonyl (C=O) groups is 1. The second-order valence-electron chi connectivity index (χ2n) is 6.20. The van der Waals surface area contributed by atoms with E-state index in [4.69, 9.17) is 0 Å². The van der Waals surface area contributed by atoms with E-state index in [1.165, 1.54) is 23.9 Å². The van der Waals surface area contributed by atoms with Gasteiger partial charge in [-0.2, -0.15) is 16.5 Å². The van der Waals surface area contributed by atoms with Crippen molar-refractivity contribution in [3.63, 3.8) is 0 Å². The Morgan fingerprint density at radius 1 is 1.17 bits per heavy atom. The van der Waals surface area contributed by atoms with Crippen LogP contribution < -0.4 is 10.0 Å². The third kappa shape index (κ3) is 6.77. The highest BCUT2D eigenvalue weighted by Gasteiger charge is 2.26. The first kappa shape index (κ1) is 23.3. The van der Waals surface area contributed by atoms with Crippen LogP contribution in [0.5, 0.6) is 0 Å². The van der Waals surface area contributed by atoms with Crippen molar-refractivity contribution >= 4 is 27.7 Å². The van der Waals surface area contributed by atoms with Crippen LogP contribution in [0.25, 0.3) is 0 Å². The first-order valence-electron chi connectivity index (χ1n) is 8.71. The standard InChI is InChI=1S/C19H22F2N2O4S2/c1-28-10-9-17(23-29(26,27)14-5-3-2-4-6-14)19(25)22-12-18(24)15-8-7-13(20)11-16(15)21/h2-8,11,17-18,23-24H,9-10,12H2,1H3,(H,22,25). The van der Waals surface area contributed by atoms with Gasteiger partial charge in [-0.05, 0) is 36.6 Å². The molecule has 0 aliphatic heterocycles. The van der Waals surface area contributed by atoms with Crippen LogP contribution in [0.1, 0.15) is 18.1 Å². The Labute approximate surface area is 172 Å². The fourth-order valence-corrected chi connectivity index (χ4v) is 4.26. The van der Waals surface area contributed by atoms with E-state index >= 15 is 0 Å². The lowest BCUT2D eigenvalue weighted by atomic mass is 10.1. The van der Waals surface area contributed by atoms with Gasteiger partial charge in [0.05, 0.1) is 11.0 Å². The molecule has 0 saturated carbocycles. The number of hydrogen-bond donors (Lipinski definition) is 3. The minimum Gasteiger partial charge on any atom is -0.386 e. The molecular formula is C19H22F2N2O4S2. The van der Waals surface area contributed by atoms with Crippen LogP contribution in [-0.4, -0.2) is 44.0 Å². The van der Waals surface area contributed by atoms with Crippen LogP contribution in [-0.2, 0) is 14.8 Å². The van der Waals surface area contributed by atoms with Gasteiger partial charge >= 0.3 is 0 Å². The van der Waals surface area contributed by atoms with Crippen molar-refractivity contribution in [2.45, 2.75) is 23.5 Å². The number of rotatable bonds is 10. The van der Waals surface area contributed by atoms with Crippen LogP contribution in [0.2, 0.25) is 0 Å². The van der Waals surface area contributed by atoms with E-state index in [1.54, 1.807) is 18.2 Å². The average molecular weight is 445 g/mol. The number of hydrogen-bond acceptors (Lipinski definition) is 5. The summed E-state index contributed by atoms with van der Waals surface area (Å²) in [7, 11) is -3.92. The molecule has 0 heterocycles. The number of amides is 1. The summed E-state index contributed by atoms with van der Waals surface area (Å²) in [6, 6.07) is 9.28. The van der Waals surface area contributed by atoms with Gasteiger partial charge in [-0.1, -0.05) is 24.3 Å². The van der Waals surface area contributed by atoms with Gasteiger partial charge in [-0.3, -0.25) is 4.79 Å². The topological polar surface area (TPSA) is 95.5 Å². The monoisotopic (exact) mass is 444 g/mol. The Morgan fingerprint density at radius 3 is 2.48 bits per heavy atom. The van der Waals surface area contributed by atoms with Crippen LogP contribution in [0, 0.1) is 11.6 Å². The lowest BCUT2D eigenvalue weighted by molar-refractivity contribution is -0.123. The molecule has 2 aromatic carbocycles. The molecule has 0 aliphatic carbocycles. The van der Waals surface area contributed by atoms with Gasteiger partial charge in [0.25, 0.3) is 0 Å². The van der Waals surface area contributed by atoms with E-state index in [1.807, 2.05) is 6.26 Å². The summed E-state index contributed by atoms with van der Waals surface area (Å²) >= 11 is 1.44. The normalized spacial score (nSPS) is 13.7. The third-order valence-electron chi connectivity index (χ3n) is 4.07. The minimum absolute atomic E-state index is 0.0235. The Bertz CT molecular complexity index is 927. The minimum atomic E-state index is -3.92. The summed E-state index contributed by atoms with van der Waals surface area (Å²) in [5.74, 6) is -1.85. The predicted molar refractivity (Wildman–Crippen MR) is 108 cm³/mol. The van der Waals surface area contributed by atoms with E-state index in [-0.39, 0.29) is 23.4 Å². The fourth-order valence-electron chi connectivity index (χ4n) is 2.54. The Morgan fingerprint density at radius 2 is 1.86 bits per heavy atom. The molecule has 0 saturated heterocycles. The number of aliphatic hydroxyl groups is 1. The average Bonchev–Trinajstić information content (AvgIpc) is 2.69. The molecule has 10 heteroatoms. The van der Waals surface area contributed by atoms with Crippen molar-refractivity contribution in [3.05, 3.63) is 65.7 Å². The molecule has 2 rings (SSSR count). The second-order valence-corrected chi connectivity index (χ2v) is 8.89. The number of sulfonamides is 1. The fraction of sp³-hybridized carbons (Fsp3) is 0.316. The molecule has 0 radical (unpaired) electrons. The summed E-state index contributed by atoms with van der Waals surface area (Å²) < 4.78 is 54.1. The van der Waals surface area contributed by atoms with Crippen molar-refractivity contribution in [1.29, 1.82) is 0 Å². The smallest absolute Gasteiger partial charge is 0.241 e. The summed E-state index contributed by atoms with van der Waals surface area (Å²) in [5.41, 5.74) is -0.169. The molecule has 2 aromatic rings. The maximum Gasteiger partial charge on any atom is 0.241 e. The second kappa shape index (κ2) is 10.7. The maximum absolute atomic E-state index is 13.8. The summed E-state index contributed by atoms with van der Waals surface area (Å²) in [4.78, 5) is 12.5. The molecule has 0 bridgehead atoms. The molecule has 3 N–H and O–H groups in total. The molecule has 2 unspecified atom stereocenters. The van der Waals surface area contributed by atoms with Gasteiger partial charge in [0.2, 0.25) is 15.9 Å². The summed E-state index contributed by atoms with van der Waals surface area (Å²) in [6.45, 7) is -0.357. The molecule has 2 atom stereocenters. The highest BCUT2D eigenvalue weighted by molar-refractivity contribution is 7.98. The molecular weight excluding hydrogens is 422 g/mol. The van der Waals surface area contributed by atoms with Gasteiger partial charge in [0, 0.05) is 18.2 Å². The van der Waals surface area contributed by atoms with Crippen LogP contribution >= 0.6 is 11.8 Å². The predicted octanol–water partition coefficient (Wildman–Crippen LogP) is 2.21. The SMILES string of the molecule is CSCCC(NS(=O)(=O)c1ccccc1)C(=O)NCC(O)c1ccc(F)cc1F. The van der Waals surface area contributed by atoms with E-state index in [9.17, 15) is 27.1 Å². The number of benzene rings is 2. The highest BCUT2D eigenvalue weighted by atomic mass is 32.2. The van der Waals surface area contributed by atoms with Crippen molar-refractivity contribution in [1.82, 2.24) is 10.0 Å². The summed E-state index contributed by atoms with van der Waals surface area (Å²) in [6.07, 6.45) is 0.633. The van der Waals surface area contributed by atoms with Gasteiger partial charge in [0.15, 0.2) is 0 Å². The Hall–Kier alpha value is -2.01. The maximum atomic E-state index is 13.8. The molecule has 158 valence electrons. The molecule has 0 aromatic heterocycles. The lowest BCUT2D eigenvalue weighted by Crippen LogP contribution is -2.47. The Balaban J connectivity index is 2.06. The van der Waals surface area contributed by atoms with E-state index in [0.717, 1.165) is 12.1 Å². The van der Waals surface area contributed by atoms with Gasteiger partial charge < -0.3 is 10.4 Å². The van der Waals surface area contributed by atoms with Crippen molar-refractivity contribution in [3.8, 4) is 0 Å². The first-order chi connectivity index (χ1) is 13.7. The number of aliphatic hydroxyl groups excluding tert-OH is 1. The number of nitrogens with one attached hydrogen (secondary N) is 2. The number of thioether (sulfide) groups is 1. The zero-order chi connectivity index (χ0) is 21.4. The van der Waals surface area contributed by atoms with E-state index < -0.39 is 39.7 Å². The van der Waals surface area contributed by atoms with Crippen LogP contribution in [0.3, 0.4) is 0 Å². The zero-order valence-electron chi connectivity index (χ0n) is 15.6. The quantitative estimate of drug-likeness (QED) is 0.522. The van der Waals surface area contributed by atoms with Crippen molar-refractivity contribution in [2.75, 3.05) is 18.6 Å². The molecule has 0 aliphatic rings. The number of carbonyl (C=O) groups excluding carboxylic acids is 1. The molecule has 0 fully saturated rings. The Kier molecular flexibility index (Phi) is 8.57. The summed E-state index contributed by atoms with van der Waals surface area (Å²) in [5, 5.41) is 12.5. The largest absolute Gasteiger partial charge is 0.386 e. The van der Waals surface area contributed by atoms with E-state index in [2.05, 4.69) is 10.0 Å². The molecule has 29 heavy (non-hydrogen) atoms. The van der Waals surface area contributed by atoms with Gasteiger partial charge in [-0.15, -0.1) is 0 Å².